The molecule has 0 radical (unpaired) electrons. The molecule has 0 saturated carbocycles. The minimum atomic E-state index is -0.324. The molecular formula is C14H24N2O3S. The summed E-state index contributed by atoms with van der Waals surface area (Å²) in [6.45, 7) is 7.83. The molecule has 0 spiro atoms. The Morgan fingerprint density at radius 2 is 2.20 bits per heavy atom. The molecule has 20 heavy (non-hydrogen) atoms. The van der Waals surface area contributed by atoms with Gasteiger partial charge in [-0.3, -0.25) is 4.79 Å². The number of amides is 1. The zero-order valence-electron chi connectivity index (χ0n) is 12.7. The van der Waals surface area contributed by atoms with Crippen LogP contribution in [0.25, 0.3) is 0 Å². The number of hydrogen-bond acceptors (Lipinski definition) is 5. The Morgan fingerprint density at radius 1 is 1.50 bits per heavy atom. The van der Waals surface area contributed by atoms with Gasteiger partial charge in [0.1, 0.15) is 5.76 Å². The molecule has 0 aromatic carbocycles. The molecule has 1 amide bonds. The predicted molar refractivity (Wildman–Crippen MR) is 80.7 cm³/mol. The van der Waals surface area contributed by atoms with Crippen LogP contribution in [0.1, 0.15) is 43.7 Å². The van der Waals surface area contributed by atoms with Gasteiger partial charge in [0.25, 0.3) is 0 Å². The van der Waals surface area contributed by atoms with E-state index in [-0.39, 0.29) is 18.1 Å². The van der Waals surface area contributed by atoms with Gasteiger partial charge >= 0.3 is 0 Å². The first kappa shape index (κ1) is 17.0. The summed E-state index contributed by atoms with van der Waals surface area (Å²) in [6.07, 6.45) is 1.37. The lowest BCUT2D eigenvalue weighted by molar-refractivity contribution is -0.120. The Hall–Kier alpha value is -1.01. The van der Waals surface area contributed by atoms with Crippen LogP contribution in [0.5, 0.6) is 0 Å². The van der Waals surface area contributed by atoms with Gasteiger partial charge in [-0.2, -0.15) is 0 Å². The van der Waals surface area contributed by atoms with E-state index in [1.807, 2.05) is 27.7 Å². The van der Waals surface area contributed by atoms with Gasteiger partial charge in [-0.05, 0) is 33.6 Å². The number of aliphatic hydroxyl groups is 1. The maximum atomic E-state index is 11.9. The van der Waals surface area contributed by atoms with Crippen molar-refractivity contribution in [1.29, 1.82) is 0 Å². The first-order chi connectivity index (χ1) is 9.41. The Bertz CT molecular complexity index is 428. The van der Waals surface area contributed by atoms with Crippen molar-refractivity contribution >= 4 is 17.7 Å². The molecule has 1 atom stereocenters. The number of aryl methyl sites for hydroxylation is 2. The number of aliphatic hydroxyl groups excluding tert-OH is 1. The Labute approximate surface area is 124 Å². The number of aromatic nitrogens is 1. The summed E-state index contributed by atoms with van der Waals surface area (Å²) in [7, 11) is 0. The second-order valence-electron chi connectivity index (χ2n) is 5.23. The van der Waals surface area contributed by atoms with E-state index in [0.29, 0.717) is 12.2 Å². The second-order valence-corrected chi connectivity index (χ2v) is 6.22. The van der Waals surface area contributed by atoms with Crippen LogP contribution in [0, 0.1) is 13.8 Å². The highest BCUT2D eigenvalue weighted by Crippen LogP contribution is 2.20. The monoisotopic (exact) mass is 300 g/mol. The lowest BCUT2D eigenvalue weighted by Crippen LogP contribution is -2.46. The summed E-state index contributed by atoms with van der Waals surface area (Å²) in [4.78, 5) is 11.9. The molecule has 5 nitrogen and oxygen atoms in total. The smallest absolute Gasteiger partial charge is 0.230 e. The minimum Gasteiger partial charge on any atom is -0.396 e. The Kier molecular flexibility index (Phi) is 6.55. The van der Waals surface area contributed by atoms with Crippen molar-refractivity contribution in [3.63, 3.8) is 0 Å². The highest BCUT2D eigenvalue weighted by atomic mass is 32.2. The molecule has 0 bridgehead atoms. The highest BCUT2D eigenvalue weighted by Gasteiger charge is 2.23. The third kappa shape index (κ3) is 4.83. The van der Waals surface area contributed by atoms with Crippen LogP contribution in [0.2, 0.25) is 0 Å². The van der Waals surface area contributed by atoms with Crippen LogP contribution in [-0.2, 0) is 10.5 Å². The van der Waals surface area contributed by atoms with Gasteiger partial charge in [0.15, 0.2) is 0 Å². The number of carbonyl (C=O) groups is 1. The zero-order valence-corrected chi connectivity index (χ0v) is 13.5. The highest BCUT2D eigenvalue weighted by molar-refractivity contribution is 7.99. The minimum absolute atomic E-state index is 0.000407. The van der Waals surface area contributed by atoms with E-state index in [4.69, 9.17) is 9.63 Å². The Balaban J connectivity index is 2.40. The summed E-state index contributed by atoms with van der Waals surface area (Å²) in [6, 6.07) is 0. The summed E-state index contributed by atoms with van der Waals surface area (Å²) >= 11 is 1.54. The van der Waals surface area contributed by atoms with Gasteiger partial charge in [0.2, 0.25) is 5.91 Å². The largest absolute Gasteiger partial charge is 0.396 e. The molecule has 0 aliphatic carbocycles. The van der Waals surface area contributed by atoms with Crippen molar-refractivity contribution in [2.45, 2.75) is 51.8 Å². The van der Waals surface area contributed by atoms with Crippen LogP contribution < -0.4 is 5.32 Å². The summed E-state index contributed by atoms with van der Waals surface area (Å²) in [5, 5.41) is 15.9. The molecule has 0 fully saturated rings. The van der Waals surface area contributed by atoms with Crippen molar-refractivity contribution in [2.24, 2.45) is 0 Å². The molecule has 2 N–H and O–H groups in total. The summed E-state index contributed by atoms with van der Waals surface area (Å²) < 4.78 is 5.09. The molecule has 0 saturated heterocycles. The fraction of sp³-hybridized carbons (Fsp3) is 0.714. The van der Waals surface area contributed by atoms with Gasteiger partial charge in [-0.15, -0.1) is 11.8 Å². The molecule has 1 rings (SSSR count). The van der Waals surface area contributed by atoms with E-state index in [0.717, 1.165) is 29.2 Å². The first-order valence-corrected chi connectivity index (χ1v) is 7.98. The van der Waals surface area contributed by atoms with Crippen LogP contribution in [0.3, 0.4) is 0 Å². The average molecular weight is 300 g/mol. The van der Waals surface area contributed by atoms with E-state index in [9.17, 15) is 4.79 Å². The predicted octanol–water partition coefficient (Wildman–Crippen LogP) is 2.19. The van der Waals surface area contributed by atoms with E-state index in [2.05, 4.69) is 10.5 Å². The molecule has 6 heteroatoms. The van der Waals surface area contributed by atoms with E-state index >= 15 is 0 Å². The van der Waals surface area contributed by atoms with Crippen molar-refractivity contribution in [3.05, 3.63) is 17.0 Å². The van der Waals surface area contributed by atoms with Gasteiger partial charge in [0.05, 0.1) is 11.4 Å². The third-order valence-corrected chi connectivity index (χ3v) is 4.50. The van der Waals surface area contributed by atoms with Crippen LogP contribution in [0.15, 0.2) is 4.52 Å². The zero-order chi connectivity index (χ0) is 15.2. The second kappa shape index (κ2) is 7.69. The molecule has 0 aliphatic rings. The first-order valence-electron chi connectivity index (χ1n) is 6.83. The van der Waals surface area contributed by atoms with Gasteiger partial charge in [0, 0.05) is 23.5 Å². The molecule has 1 aromatic heterocycles. The van der Waals surface area contributed by atoms with Crippen molar-refractivity contribution in [3.8, 4) is 0 Å². The normalized spacial score (nSPS) is 14.1. The number of carbonyl (C=O) groups excluding carboxylic acids is 1. The van der Waals surface area contributed by atoms with Crippen molar-refractivity contribution in [1.82, 2.24) is 10.5 Å². The van der Waals surface area contributed by atoms with E-state index in [1.54, 1.807) is 11.8 Å². The topological polar surface area (TPSA) is 75.4 Å². The quantitative estimate of drug-likeness (QED) is 0.769. The SMILES string of the molecule is CCC(C)(CCO)NC(=O)CSCc1c(C)noc1C. The van der Waals surface area contributed by atoms with Crippen molar-refractivity contribution < 1.29 is 14.4 Å². The maximum absolute atomic E-state index is 11.9. The Morgan fingerprint density at radius 3 is 2.70 bits per heavy atom. The van der Waals surface area contributed by atoms with Crippen LogP contribution in [0.4, 0.5) is 0 Å². The maximum Gasteiger partial charge on any atom is 0.230 e. The number of thioether (sulfide) groups is 1. The lowest BCUT2D eigenvalue weighted by Gasteiger charge is -2.28. The number of rotatable bonds is 8. The third-order valence-electron chi connectivity index (χ3n) is 3.55. The fourth-order valence-corrected chi connectivity index (χ4v) is 2.88. The molecule has 1 unspecified atom stereocenters. The van der Waals surface area contributed by atoms with Gasteiger partial charge < -0.3 is 14.9 Å². The van der Waals surface area contributed by atoms with E-state index < -0.39 is 0 Å². The van der Waals surface area contributed by atoms with E-state index in [1.165, 1.54) is 0 Å². The lowest BCUT2D eigenvalue weighted by atomic mass is 9.95. The number of nitrogens with zero attached hydrogens (tertiary/aromatic N) is 1. The molecule has 114 valence electrons. The molecule has 0 aliphatic heterocycles. The average Bonchev–Trinajstić information content (AvgIpc) is 2.70. The molecule has 1 heterocycles. The van der Waals surface area contributed by atoms with Crippen LogP contribution >= 0.6 is 11.8 Å². The fourth-order valence-electron chi connectivity index (χ4n) is 1.90. The standard InChI is InChI=1S/C14H24N2O3S/c1-5-14(4,6-7-17)15-13(18)9-20-8-12-10(2)16-19-11(12)3/h17H,5-9H2,1-4H3,(H,15,18). The van der Waals surface area contributed by atoms with Gasteiger partial charge in [-0.1, -0.05) is 12.1 Å². The summed E-state index contributed by atoms with van der Waals surface area (Å²) in [5.41, 5.74) is 1.63. The number of hydrogen-bond donors (Lipinski definition) is 2. The van der Waals surface area contributed by atoms with Gasteiger partial charge in [-0.25, -0.2) is 0 Å². The summed E-state index contributed by atoms with van der Waals surface area (Å²) in [5.74, 6) is 1.93. The molecule has 1 aromatic rings. The molecular weight excluding hydrogens is 276 g/mol. The van der Waals surface area contributed by atoms with Crippen molar-refractivity contribution in [2.75, 3.05) is 12.4 Å². The van der Waals surface area contributed by atoms with Crippen LogP contribution in [-0.4, -0.2) is 34.1 Å². The number of nitrogens with one attached hydrogen (secondary N) is 1.